The number of rotatable bonds is 2. The van der Waals surface area contributed by atoms with Crippen LogP contribution >= 0.6 is 0 Å². The highest BCUT2D eigenvalue weighted by Crippen LogP contribution is 2.23. The molecular formula is C20H23N3O3. The predicted molar refractivity (Wildman–Crippen MR) is 99.8 cm³/mol. The molecule has 0 aliphatic heterocycles. The molecule has 3 rings (SSSR count). The first-order chi connectivity index (χ1) is 12.4. The van der Waals surface area contributed by atoms with Crippen LogP contribution in [-0.4, -0.2) is 35.1 Å². The van der Waals surface area contributed by atoms with Gasteiger partial charge in [-0.1, -0.05) is 23.1 Å². The van der Waals surface area contributed by atoms with E-state index in [2.05, 4.69) is 44.1 Å². The molecule has 0 bridgehead atoms. The van der Waals surface area contributed by atoms with E-state index < -0.39 is 0 Å². The summed E-state index contributed by atoms with van der Waals surface area (Å²) in [5, 5.41) is 10.7. The molecule has 1 heterocycles. The second-order valence-electron chi connectivity index (χ2n) is 6.66. The molecule has 1 aromatic carbocycles. The molecule has 1 aliphatic rings. The number of ether oxygens (including phenoxy) is 1. The average molecular weight is 353 g/mol. The van der Waals surface area contributed by atoms with E-state index in [0.717, 1.165) is 29.7 Å². The normalized spacial score (nSPS) is 13.8. The minimum atomic E-state index is -0.318. The fourth-order valence-electron chi connectivity index (χ4n) is 2.36. The number of benzene rings is 1. The molecule has 136 valence electrons. The number of nitrogens with one attached hydrogen (secondary N) is 1. The molecule has 0 saturated heterocycles. The second-order valence-corrected chi connectivity index (χ2v) is 6.66. The second kappa shape index (κ2) is 8.86. The Morgan fingerprint density at radius 2 is 2.00 bits per heavy atom. The third-order valence-corrected chi connectivity index (χ3v) is 3.50. The monoisotopic (exact) mass is 353 g/mol. The molecule has 0 unspecified atom stereocenters. The van der Waals surface area contributed by atoms with Gasteiger partial charge < -0.3 is 9.57 Å². The summed E-state index contributed by atoms with van der Waals surface area (Å²) >= 11 is 0. The first-order valence-corrected chi connectivity index (χ1v) is 8.28. The molecule has 2 aromatic rings. The zero-order valence-corrected chi connectivity index (χ0v) is 15.5. The molecule has 0 spiro atoms. The fourth-order valence-corrected chi connectivity index (χ4v) is 2.36. The van der Waals surface area contributed by atoms with Gasteiger partial charge in [0.25, 0.3) is 6.47 Å². The van der Waals surface area contributed by atoms with Crippen molar-refractivity contribution < 1.29 is 14.4 Å². The third kappa shape index (κ3) is 5.78. The van der Waals surface area contributed by atoms with Crippen LogP contribution in [0, 0.1) is 11.8 Å². The molecular weight excluding hydrogens is 330 g/mol. The van der Waals surface area contributed by atoms with E-state index in [1.54, 1.807) is 19.5 Å². The Morgan fingerprint density at radius 1 is 1.23 bits per heavy atom. The number of H-pyrrole nitrogens is 1. The van der Waals surface area contributed by atoms with Crippen LogP contribution in [0.4, 0.5) is 0 Å². The zero-order chi connectivity index (χ0) is 19.0. The highest BCUT2D eigenvalue weighted by Gasteiger charge is 2.18. The van der Waals surface area contributed by atoms with Crippen LogP contribution in [0.3, 0.4) is 0 Å². The summed E-state index contributed by atoms with van der Waals surface area (Å²) in [5.41, 5.74) is 5.07. The van der Waals surface area contributed by atoms with Crippen molar-refractivity contribution in [1.82, 2.24) is 10.2 Å². The Bertz CT molecular complexity index is 822. The summed E-state index contributed by atoms with van der Waals surface area (Å²) < 4.78 is 4.55. The van der Waals surface area contributed by atoms with Gasteiger partial charge in [-0.05, 0) is 51.3 Å². The topological polar surface area (TPSA) is 76.6 Å². The van der Waals surface area contributed by atoms with Crippen LogP contribution in [-0.2, 0) is 20.8 Å². The maximum absolute atomic E-state index is 9.60. The number of carbonyl (C=O) groups is 1. The van der Waals surface area contributed by atoms with Gasteiger partial charge in [0, 0.05) is 17.3 Å². The van der Waals surface area contributed by atoms with Crippen LogP contribution in [0.2, 0.25) is 0 Å². The zero-order valence-electron chi connectivity index (χ0n) is 15.5. The van der Waals surface area contributed by atoms with E-state index in [1.807, 2.05) is 26.8 Å². The lowest BCUT2D eigenvalue weighted by atomic mass is 10.1. The number of carbonyl (C=O) groups excluding carboxylic acids is 1. The van der Waals surface area contributed by atoms with Crippen LogP contribution in [0.1, 0.15) is 49.4 Å². The standard InChI is InChI=1S/C15H13N3O.C5H10O2/c1-19-18-15-7-5-13-8-11(4-6-14(13)15)2-3-12-9-16-17-10-12;1-5(2,3)7-4-6/h4,6,8-10H,5,7H2,1H3,(H,16,17);4H,1-3H3. The van der Waals surface area contributed by atoms with Gasteiger partial charge in [0.2, 0.25) is 0 Å². The summed E-state index contributed by atoms with van der Waals surface area (Å²) in [5.74, 6) is 6.21. The molecule has 1 N–H and O–H groups in total. The molecule has 1 aliphatic carbocycles. The summed E-state index contributed by atoms with van der Waals surface area (Å²) in [6.07, 6.45) is 5.42. The fraction of sp³-hybridized carbons (Fsp3) is 0.350. The van der Waals surface area contributed by atoms with E-state index in [9.17, 15) is 4.79 Å². The molecule has 0 fully saturated rings. The van der Waals surface area contributed by atoms with Crippen molar-refractivity contribution in [1.29, 1.82) is 0 Å². The van der Waals surface area contributed by atoms with Crippen LogP contribution < -0.4 is 0 Å². The smallest absolute Gasteiger partial charge is 0.293 e. The summed E-state index contributed by atoms with van der Waals surface area (Å²) in [4.78, 5) is 14.5. The van der Waals surface area contributed by atoms with Crippen molar-refractivity contribution in [3.63, 3.8) is 0 Å². The SMILES string of the molecule is CC(C)(C)OC=O.CON=C1CCc2cc(C#Cc3cn[nH]c3)ccc21. The Kier molecular flexibility index (Phi) is 6.56. The Labute approximate surface area is 153 Å². The summed E-state index contributed by atoms with van der Waals surface area (Å²) in [6.45, 7) is 5.92. The molecule has 0 atom stereocenters. The lowest BCUT2D eigenvalue weighted by Gasteiger charge is -2.14. The van der Waals surface area contributed by atoms with Crippen molar-refractivity contribution in [2.75, 3.05) is 7.11 Å². The lowest BCUT2D eigenvalue weighted by molar-refractivity contribution is -0.138. The van der Waals surface area contributed by atoms with Gasteiger partial charge in [-0.25, -0.2) is 0 Å². The highest BCUT2D eigenvalue weighted by molar-refractivity contribution is 6.04. The van der Waals surface area contributed by atoms with E-state index in [4.69, 9.17) is 4.84 Å². The van der Waals surface area contributed by atoms with Gasteiger partial charge in [0.1, 0.15) is 12.7 Å². The van der Waals surface area contributed by atoms with E-state index in [1.165, 1.54) is 11.1 Å². The number of hydrogen-bond donors (Lipinski definition) is 1. The largest absolute Gasteiger partial charge is 0.462 e. The molecule has 0 radical (unpaired) electrons. The van der Waals surface area contributed by atoms with Crippen molar-refractivity contribution in [2.24, 2.45) is 5.16 Å². The number of aromatic nitrogens is 2. The minimum Gasteiger partial charge on any atom is -0.462 e. The Morgan fingerprint density at radius 3 is 2.58 bits per heavy atom. The van der Waals surface area contributed by atoms with Crippen LogP contribution in [0.5, 0.6) is 0 Å². The predicted octanol–water partition coefficient (Wildman–Crippen LogP) is 3.06. The van der Waals surface area contributed by atoms with E-state index >= 15 is 0 Å². The van der Waals surface area contributed by atoms with Gasteiger partial charge in [-0.3, -0.25) is 9.89 Å². The lowest BCUT2D eigenvalue weighted by Crippen LogP contribution is -2.17. The first kappa shape index (κ1) is 19.3. The van der Waals surface area contributed by atoms with Gasteiger partial charge in [0.05, 0.1) is 17.5 Å². The summed E-state index contributed by atoms with van der Waals surface area (Å²) in [7, 11) is 1.58. The number of hydrogen-bond acceptors (Lipinski definition) is 5. The number of aromatic amines is 1. The van der Waals surface area contributed by atoms with Crippen LogP contribution in [0.25, 0.3) is 0 Å². The number of fused-ring (bicyclic) bond motifs is 1. The quantitative estimate of drug-likeness (QED) is 0.511. The van der Waals surface area contributed by atoms with Crippen LogP contribution in [0.15, 0.2) is 35.7 Å². The average Bonchev–Trinajstić information content (AvgIpc) is 3.23. The summed E-state index contributed by atoms with van der Waals surface area (Å²) in [6, 6.07) is 6.21. The molecule has 1 aromatic heterocycles. The van der Waals surface area contributed by atoms with Crippen molar-refractivity contribution in [3.05, 3.63) is 52.8 Å². The molecule has 26 heavy (non-hydrogen) atoms. The van der Waals surface area contributed by atoms with Crippen molar-refractivity contribution in [3.8, 4) is 11.8 Å². The van der Waals surface area contributed by atoms with Gasteiger partial charge in [0.15, 0.2) is 0 Å². The molecule has 0 saturated carbocycles. The molecule has 6 nitrogen and oxygen atoms in total. The Hall–Kier alpha value is -3.07. The molecule has 0 amide bonds. The van der Waals surface area contributed by atoms with Crippen molar-refractivity contribution in [2.45, 2.75) is 39.2 Å². The number of oxime groups is 1. The maximum Gasteiger partial charge on any atom is 0.293 e. The first-order valence-electron chi connectivity index (χ1n) is 8.28. The minimum absolute atomic E-state index is 0.318. The van der Waals surface area contributed by atoms with E-state index in [0.29, 0.717) is 6.47 Å². The van der Waals surface area contributed by atoms with Gasteiger partial charge in [-0.2, -0.15) is 5.10 Å². The van der Waals surface area contributed by atoms with E-state index in [-0.39, 0.29) is 5.60 Å². The van der Waals surface area contributed by atoms with Crippen molar-refractivity contribution >= 4 is 12.2 Å². The number of aryl methyl sites for hydroxylation is 1. The molecule has 6 heteroatoms. The third-order valence-electron chi connectivity index (χ3n) is 3.50. The maximum atomic E-state index is 9.60. The highest BCUT2D eigenvalue weighted by atomic mass is 16.6. The van der Waals surface area contributed by atoms with Gasteiger partial charge in [-0.15, -0.1) is 0 Å². The number of nitrogens with zero attached hydrogens (tertiary/aromatic N) is 2. The van der Waals surface area contributed by atoms with Gasteiger partial charge >= 0.3 is 0 Å². The Balaban J connectivity index is 0.000000298.